The first-order chi connectivity index (χ1) is 8.58. The monoisotopic (exact) mass is 250 g/mol. The fourth-order valence-electron chi connectivity index (χ4n) is 1.39. The maximum absolute atomic E-state index is 5.89. The molecule has 0 aliphatic carbocycles. The molecule has 0 fully saturated rings. The minimum absolute atomic E-state index is 0.204. The molecule has 2 N–H and O–H groups in total. The lowest BCUT2D eigenvalue weighted by atomic mass is 10.2. The molecule has 0 aromatic heterocycles. The molecule has 4 heteroatoms. The van der Waals surface area contributed by atoms with Crippen LogP contribution < -0.4 is 15.2 Å². The Morgan fingerprint density at radius 3 is 2.44 bits per heavy atom. The van der Waals surface area contributed by atoms with E-state index in [9.17, 15) is 0 Å². The summed E-state index contributed by atoms with van der Waals surface area (Å²) < 4.78 is 11.0. The molecule has 0 radical (unpaired) electrons. The van der Waals surface area contributed by atoms with Gasteiger partial charge in [0.2, 0.25) is 0 Å². The third-order valence-corrected chi connectivity index (χ3v) is 2.38. The second-order valence-electron chi connectivity index (χ2n) is 4.19. The summed E-state index contributed by atoms with van der Waals surface area (Å²) in [6.45, 7) is 9.11. The molecule has 1 aromatic carbocycles. The van der Waals surface area contributed by atoms with Crippen molar-refractivity contribution in [2.45, 2.75) is 27.7 Å². The van der Waals surface area contributed by atoms with E-state index >= 15 is 0 Å². The number of benzene rings is 1. The van der Waals surface area contributed by atoms with Gasteiger partial charge < -0.3 is 15.2 Å². The maximum atomic E-state index is 5.89. The summed E-state index contributed by atoms with van der Waals surface area (Å²) in [4.78, 5) is 4.41. The molecular weight excluding hydrogens is 228 g/mol. The van der Waals surface area contributed by atoms with Crippen molar-refractivity contribution in [1.82, 2.24) is 0 Å². The van der Waals surface area contributed by atoms with Crippen LogP contribution in [0.5, 0.6) is 11.5 Å². The van der Waals surface area contributed by atoms with Gasteiger partial charge in [0.15, 0.2) is 0 Å². The quantitative estimate of drug-likeness (QED) is 0.623. The number of hydrogen-bond acceptors (Lipinski definition) is 3. The maximum Gasteiger partial charge on any atom is 0.145 e. The van der Waals surface area contributed by atoms with Gasteiger partial charge in [-0.25, -0.2) is 4.99 Å². The average Bonchev–Trinajstić information content (AvgIpc) is 2.33. The molecule has 0 saturated heterocycles. The summed E-state index contributed by atoms with van der Waals surface area (Å²) in [7, 11) is 0. The summed E-state index contributed by atoms with van der Waals surface area (Å²) in [5.41, 5.74) is 6.61. The van der Waals surface area contributed by atoms with Crippen molar-refractivity contribution in [3.05, 3.63) is 18.2 Å². The molecule has 0 saturated carbocycles. The van der Waals surface area contributed by atoms with Gasteiger partial charge in [0.1, 0.15) is 23.0 Å². The van der Waals surface area contributed by atoms with Crippen LogP contribution in [-0.4, -0.2) is 19.0 Å². The Labute approximate surface area is 109 Å². The fraction of sp³-hybridized carbons (Fsp3) is 0.500. The van der Waals surface area contributed by atoms with E-state index < -0.39 is 0 Å². The zero-order valence-corrected chi connectivity index (χ0v) is 11.6. The smallest absolute Gasteiger partial charge is 0.145 e. The van der Waals surface area contributed by atoms with Crippen molar-refractivity contribution in [3.63, 3.8) is 0 Å². The van der Waals surface area contributed by atoms with Crippen LogP contribution in [-0.2, 0) is 0 Å². The highest BCUT2D eigenvalue weighted by atomic mass is 16.5. The van der Waals surface area contributed by atoms with E-state index in [1.54, 1.807) is 0 Å². The van der Waals surface area contributed by atoms with Gasteiger partial charge in [0.05, 0.1) is 13.2 Å². The Bertz CT molecular complexity index is 414. The van der Waals surface area contributed by atoms with Crippen LogP contribution >= 0.6 is 0 Å². The SMILES string of the molecule is CCOc1ccc(OCC)c(N=C(N)C(C)C)c1. The molecule has 0 atom stereocenters. The zero-order valence-electron chi connectivity index (χ0n) is 11.6. The molecular formula is C14H22N2O2. The highest BCUT2D eigenvalue weighted by molar-refractivity contribution is 5.85. The minimum atomic E-state index is 0.204. The predicted molar refractivity (Wildman–Crippen MR) is 74.9 cm³/mol. The Hall–Kier alpha value is -1.71. The lowest BCUT2D eigenvalue weighted by molar-refractivity contribution is 0.331. The first-order valence-corrected chi connectivity index (χ1v) is 6.32. The van der Waals surface area contributed by atoms with E-state index in [1.807, 2.05) is 45.9 Å². The van der Waals surface area contributed by atoms with Crippen LogP contribution in [0.3, 0.4) is 0 Å². The number of aliphatic imine (C=N–C) groups is 1. The molecule has 0 amide bonds. The van der Waals surface area contributed by atoms with Gasteiger partial charge in [0.25, 0.3) is 0 Å². The van der Waals surface area contributed by atoms with E-state index in [0.717, 1.165) is 11.5 Å². The van der Waals surface area contributed by atoms with Crippen molar-refractivity contribution in [2.75, 3.05) is 13.2 Å². The Kier molecular flexibility index (Phi) is 5.49. The second kappa shape index (κ2) is 6.89. The zero-order chi connectivity index (χ0) is 13.5. The third kappa shape index (κ3) is 3.95. The number of nitrogens with two attached hydrogens (primary N) is 1. The van der Waals surface area contributed by atoms with E-state index in [2.05, 4.69) is 4.99 Å². The lowest BCUT2D eigenvalue weighted by Crippen LogP contribution is -2.18. The molecule has 1 rings (SSSR count). The fourth-order valence-corrected chi connectivity index (χ4v) is 1.39. The molecule has 0 aliphatic heterocycles. The number of ether oxygens (including phenoxy) is 2. The van der Waals surface area contributed by atoms with Gasteiger partial charge in [0, 0.05) is 12.0 Å². The standard InChI is InChI=1S/C14H22N2O2/c1-5-17-11-7-8-13(18-6-2)12(9-11)16-14(15)10(3)4/h7-10H,5-6H2,1-4H3,(H2,15,16). The van der Waals surface area contributed by atoms with Crippen LogP contribution in [0, 0.1) is 5.92 Å². The van der Waals surface area contributed by atoms with Gasteiger partial charge in [-0.1, -0.05) is 13.8 Å². The van der Waals surface area contributed by atoms with Crippen LogP contribution in [0.25, 0.3) is 0 Å². The van der Waals surface area contributed by atoms with Crippen LogP contribution in [0.4, 0.5) is 5.69 Å². The summed E-state index contributed by atoms with van der Waals surface area (Å²) in [5, 5.41) is 0. The normalized spacial score (nSPS) is 11.7. The molecule has 0 spiro atoms. The average molecular weight is 250 g/mol. The Balaban J connectivity index is 3.10. The van der Waals surface area contributed by atoms with E-state index in [4.69, 9.17) is 15.2 Å². The van der Waals surface area contributed by atoms with E-state index in [1.165, 1.54) is 0 Å². The van der Waals surface area contributed by atoms with Gasteiger partial charge in [-0.15, -0.1) is 0 Å². The molecule has 0 aliphatic rings. The number of amidine groups is 1. The number of rotatable bonds is 6. The molecule has 0 bridgehead atoms. The van der Waals surface area contributed by atoms with Crippen LogP contribution in [0.15, 0.2) is 23.2 Å². The molecule has 4 nitrogen and oxygen atoms in total. The minimum Gasteiger partial charge on any atom is -0.494 e. The first kappa shape index (κ1) is 14.4. The highest BCUT2D eigenvalue weighted by Gasteiger charge is 2.07. The molecule has 18 heavy (non-hydrogen) atoms. The van der Waals surface area contributed by atoms with Gasteiger partial charge in [-0.3, -0.25) is 0 Å². The van der Waals surface area contributed by atoms with Gasteiger partial charge in [-0.2, -0.15) is 0 Å². The molecule has 100 valence electrons. The van der Waals surface area contributed by atoms with Crippen molar-refractivity contribution >= 4 is 11.5 Å². The van der Waals surface area contributed by atoms with E-state index in [0.29, 0.717) is 24.7 Å². The molecule has 1 aromatic rings. The van der Waals surface area contributed by atoms with Gasteiger partial charge in [-0.05, 0) is 26.0 Å². The second-order valence-corrected chi connectivity index (χ2v) is 4.19. The Morgan fingerprint density at radius 1 is 1.22 bits per heavy atom. The molecule has 0 unspecified atom stereocenters. The summed E-state index contributed by atoms with van der Waals surface area (Å²) in [5.74, 6) is 2.29. The topological polar surface area (TPSA) is 56.8 Å². The summed E-state index contributed by atoms with van der Waals surface area (Å²) in [6, 6.07) is 5.59. The van der Waals surface area contributed by atoms with Crippen molar-refractivity contribution in [3.8, 4) is 11.5 Å². The van der Waals surface area contributed by atoms with Crippen molar-refractivity contribution < 1.29 is 9.47 Å². The van der Waals surface area contributed by atoms with Crippen LogP contribution in [0.1, 0.15) is 27.7 Å². The first-order valence-electron chi connectivity index (χ1n) is 6.32. The summed E-state index contributed by atoms with van der Waals surface area (Å²) in [6.07, 6.45) is 0. The van der Waals surface area contributed by atoms with Crippen molar-refractivity contribution in [1.29, 1.82) is 0 Å². The van der Waals surface area contributed by atoms with Crippen LogP contribution in [0.2, 0.25) is 0 Å². The number of hydrogen-bond donors (Lipinski definition) is 1. The van der Waals surface area contributed by atoms with Crippen molar-refractivity contribution in [2.24, 2.45) is 16.6 Å². The largest absolute Gasteiger partial charge is 0.494 e. The van der Waals surface area contributed by atoms with E-state index in [-0.39, 0.29) is 5.92 Å². The third-order valence-electron chi connectivity index (χ3n) is 2.38. The highest BCUT2D eigenvalue weighted by Crippen LogP contribution is 2.32. The Morgan fingerprint density at radius 2 is 1.89 bits per heavy atom. The lowest BCUT2D eigenvalue weighted by Gasteiger charge is -2.11. The molecule has 0 heterocycles. The predicted octanol–water partition coefficient (Wildman–Crippen LogP) is 3.13. The van der Waals surface area contributed by atoms with Gasteiger partial charge >= 0.3 is 0 Å². The summed E-state index contributed by atoms with van der Waals surface area (Å²) >= 11 is 0. The number of nitrogens with zero attached hydrogens (tertiary/aromatic N) is 1.